The average molecular weight is 347 g/mol. The largest absolute Gasteiger partial charge is 0.396 e. The quantitative estimate of drug-likeness (QED) is 0.820. The second-order valence-electron chi connectivity index (χ2n) is 6.41. The molecule has 134 valence electrons. The molecule has 0 amide bonds. The van der Waals surface area contributed by atoms with E-state index in [1.165, 1.54) is 12.3 Å². The molecule has 3 rings (SSSR count). The fourth-order valence-electron chi connectivity index (χ4n) is 3.22. The van der Waals surface area contributed by atoms with Crippen molar-refractivity contribution in [2.75, 3.05) is 44.7 Å². The molecule has 0 bridgehead atoms. The predicted molar refractivity (Wildman–Crippen MR) is 95.0 cm³/mol. The van der Waals surface area contributed by atoms with Crippen molar-refractivity contribution in [1.29, 1.82) is 0 Å². The maximum atomic E-state index is 14.7. The average Bonchev–Trinajstić information content (AvgIpc) is 2.62. The summed E-state index contributed by atoms with van der Waals surface area (Å²) in [5, 5.41) is 9.28. The number of nitrogens with zero attached hydrogens (tertiary/aromatic N) is 3. The van der Waals surface area contributed by atoms with Crippen molar-refractivity contribution >= 4 is 22.9 Å². The van der Waals surface area contributed by atoms with E-state index in [4.69, 9.17) is 5.11 Å². The van der Waals surface area contributed by atoms with Crippen LogP contribution in [0.5, 0.6) is 0 Å². The number of hydrogen-bond acceptors (Lipinski definition) is 5. The Kier molecular flexibility index (Phi) is 5.15. The number of aldehydes is 1. The second-order valence-corrected chi connectivity index (χ2v) is 6.41. The summed E-state index contributed by atoms with van der Waals surface area (Å²) in [6.45, 7) is 3.56. The number of anilines is 1. The van der Waals surface area contributed by atoms with Crippen LogP contribution in [-0.2, 0) is 6.54 Å². The lowest BCUT2D eigenvalue weighted by Gasteiger charge is -2.34. The first-order valence-corrected chi connectivity index (χ1v) is 8.41. The van der Waals surface area contributed by atoms with E-state index in [-0.39, 0.29) is 17.6 Å². The molecule has 1 saturated heterocycles. The zero-order valence-electron chi connectivity index (χ0n) is 14.2. The molecule has 0 radical (unpaired) electrons. The Morgan fingerprint density at radius 1 is 1.24 bits per heavy atom. The summed E-state index contributed by atoms with van der Waals surface area (Å²) in [6, 6.07) is 2.91. The number of carbonyl (C=O) groups excluding carboxylic acids is 1. The lowest BCUT2D eigenvalue weighted by atomic mass is 10.1. The van der Waals surface area contributed by atoms with Crippen LogP contribution >= 0.6 is 0 Å². The number of aliphatic hydroxyl groups excluding tert-OH is 1. The van der Waals surface area contributed by atoms with Gasteiger partial charge in [-0.1, -0.05) is 0 Å². The van der Waals surface area contributed by atoms with Gasteiger partial charge in [-0.15, -0.1) is 0 Å². The Morgan fingerprint density at radius 2 is 1.96 bits per heavy atom. The Bertz CT molecular complexity index is 842. The number of aryl methyl sites for hydroxylation is 1. The molecule has 1 aliphatic rings. The minimum atomic E-state index is -0.464. The van der Waals surface area contributed by atoms with Crippen molar-refractivity contribution < 1.29 is 14.3 Å². The van der Waals surface area contributed by atoms with Crippen LogP contribution in [0.15, 0.2) is 23.1 Å². The third-order valence-corrected chi connectivity index (χ3v) is 4.70. The van der Waals surface area contributed by atoms with Crippen LogP contribution in [0.3, 0.4) is 0 Å². The van der Waals surface area contributed by atoms with Gasteiger partial charge in [0.15, 0.2) is 11.7 Å². The van der Waals surface area contributed by atoms with Crippen LogP contribution in [0.4, 0.5) is 10.1 Å². The maximum Gasteiger partial charge on any atom is 0.199 e. The number of carbonyl (C=O) groups is 1. The van der Waals surface area contributed by atoms with E-state index >= 15 is 0 Å². The highest BCUT2D eigenvalue weighted by Crippen LogP contribution is 2.26. The number of pyridine rings is 1. The fourth-order valence-corrected chi connectivity index (χ4v) is 3.22. The van der Waals surface area contributed by atoms with Crippen LogP contribution in [-0.4, -0.2) is 60.7 Å². The summed E-state index contributed by atoms with van der Waals surface area (Å²) in [5.74, 6) is -0.453. The summed E-state index contributed by atoms with van der Waals surface area (Å²) in [5.41, 5.74) is 0.585. The molecule has 0 atom stereocenters. The minimum Gasteiger partial charge on any atom is -0.396 e. The third kappa shape index (κ3) is 3.43. The number of hydrogen-bond donors (Lipinski definition) is 1. The maximum absolute atomic E-state index is 14.7. The van der Waals surface area contributed by atoms with Crippen molar-refractivity contribution in [2.45, 2.75) is 13.0 Å². The zero-order valence-corrected chi connectivity index (χ0v) is 14.2. The van der Waals surface area contributed by atoms with Gasteiger partial charge in [0.25, 0.3) is 0 Å². The topological polar surface area (TPSA) is 65.8 Å². The predicted octanol–water partition coefficient (Wildman–Crippen LogP) is 1.09. The molecule has 0 unspecified atom stereocenters. The summed E-state index contributed by atoms with van der Waals surface area (Å²) in [4.78, 5) is 27.7. The summed E-state index contributed by atoms with van der Waals surface area (Å²) >= 11 is 0. The zero-order chi connectivity index (χ0) is 18.0. The van der Waals surface area contributed by atoms with Crippen molar-refractivity contribution in [3.8, 4) is 0 Å². The van der Waals surface area contributed by atoms with Gasteiger partial charge in [0.1, 0.15) is 5.82 Å². The van der Waals surface area contributed by atoms with Crippen molar-refractivity contribution in [3.05, 3.63) is 39.9 Å². The lowest BCUT2D eigenvalue weighted by molar-refractivity contribution is 0.112. The van der Waals surface area contributed by atoms with E-state index in [2.05, 4.69) is 4.90 Å². The number of aliphatic hydroxyl groups is 1. The molecule has 25 heavy (non-hydrogen) atoms. The number of piperazine rings is 1. The standard InChI is InChI=1S/C18H22FN3O3/c1-20-4-6-21(7-5-20)17-10-16-14(9-15(17)19)18(25)13(12-24)11-22(16)3-2-8-23/h9-12,23H,2-8H2,1H3. The molecule has 7 heteroatoms. The van der Waals surface area contributed by atoms with E-state index in [9.17, 15) is 14.0 Å². The SMILES string of the molecule is CN1CCN(c2cc3c(cc2F)c(=O)c(C=O)cn3CCCO)CC1. The molecule has 1 aliphatic heterocycles. The molecule has 1 aromatic heterocycles. The molecular weight excluding hydrogens is 325 g/mol. The van der Waals surface area contributed by atoms with Crippen LogP contribution in [0.25, 0.3) is 10.9 Å². The first kappa shape index (κ1) is 17.6. The highest BCUT2D eigenvalue weighted by Gasteiger charge is 2.20. The molecule has 2 heterocycles. The molecule has 1 N–H and O–H groups in total. The third-order valence-electron chi connectivity index (χ3n) is 4.70. The first-order chi connectivity index (χ1) is 12.0. The molecule has 1 aromatic carbocycles. The molecule has 0 spiro atoms. The normalized spacial score (nSPS) is 15.7. The van der Waals surface area contributed by atoms with E-state index < -0.39 is 11.2 Å². The number of benzene rings is 1. The van der Waals surface area contributed by atoms with E-state index in [0.29, 0.717) is 43.5 Å². The second kappa shape index (κ2) is 7.33. The molecule has 1 fully saturated rings. The van der Waals surface area contributed by atoms with Crippen molar-refractivity contribution in [1.82, 2.24) is 9.47 Å². The molecule has 0 aliphatic carbocycles. The van der Waals surface area contributed by atoms with Crippen LogP contribution in [0.1, 0.15) is 16.8 Å². The first-order valence-electron chi connectivity index (χ1n) is 8.41. The van der Waals surface area contributed by atoms with Gasteiger partial charge in [-0.05, 0) is 25.6 Å². The lowest BCUT2D eigenvalue weighted by Crippen LogP contribution is -2.44. The number of fused-ring (bicyclic) bond motifs is 1. The van der Waals surface area contributed by atoms with E-state index in [0.717, 1.165) is 13.1 Å². The van der Waals surface area contributed by atoms with Crippen LogP contribution in [0, 0.1) is 5.82 Å². The summed E-state index contributed by atoms with van der Waals surface area (Å²) < 4.78 is 16.4. The Labute approximate surface area is 145 Å². The number of likely N-dealkylation sites (N-methyl/N-ethyl adjacent to an activating group) is 1. The Morgan fingerprint density at radius 3 is 2.60 bits per heavy atom. The monoisotopic (exact) mass is 347 g/mol. The van der Waals surface area contributed by atoms with Gasteiger partial charge in [0.05, 0.1) is 16.8 Å². The van der Waals surface area contributed by atoms with E-state index in [1.807, 2.05) is 11.9 Å². The van der Waals surface area contributed by atoms with Crippen LogP contribution in [0.2, 0.25) is 0 Å². The Balaban J connectivity index is 2.13. The number of rotatable bonds is 5. The minimum absolute atomic E-state index is 0.00260. The van der Waals surface area contributed by atoms with Gasteiger partial charge < -0.3 is 19.5 Å². The highest BCUT2D eigenvalue weighted by atomic mass is 19.1. The smallest absolute Gasteiger partial charge is 0.199 e. The Hall–Kier alpha value is -2.25. The summed E-state index contributed by atoms with van der Waals surface area (Å²) in [7, 11) is 2.03. The van der Waals surface area contributed by atoms with Crippen LogP contribution < -0.4 is 10.3 Å². The molecule has 6 nitrogen and oxygen atoms in total. The number of halogens is 1. The highest BCUT2D eigenvalue weighted by molar-refractivity contribution is 5.88. The van der Waals surface area contributed by atoms with Gasteiger partial charge in [0, 0.05) is 50.9 Å². The van der Waals surface area contributed by atoms with E-state index in [1.54, 1.807) is 10.6 Å². The van der Waals surface area contributed by atoms with Gasteiger partial charge in [-0.25, -0.2) is 4.39 Å². The molecule has 0 saturated carbocycles. The number of aromatic nitrogens is 1. The molecule has 2 aromatic rings. The van der Waals surface area contributed by atoms with Gasteiger partial charge >= 0.3 is 0 Å². The fraction of sp³-hybridized carbons (Fsp3) is 0.444. The van der Waals surface area contributed by atoms with Gasteiger partial charge in [-0.3, -0.25) is 9.59 Å². The molecular formula is C18H22FN3O3. The van der Waals surface area contributed by atoms with Gasteiger partial charge in [0.2, 0.25) is 0 Å². The summed E-state index contributed by atoms with van der Waals surface area (Å²) in [6.07, 6.45) is 2.46. The van der Waals surface area contributed by atoms with Crippen molar-refractivity contribution in [3.63, 3.8) is 0 Å². The van der Waals surface area contributed by atoms with Crippen molar-refractivity contribution in [2.24, 2.45) is 0 Å². The van der Waals surface area contributed by atoms with Gasteiger partial charge in [-0.2, -0.15) is 0 Å².